The zero-order valence-electron chi connectivity index (χ0n) is 35.1. The Hall–Kier alpha value is -4.87. The number of H-pyrrole nitrogens is 1. The Labute approximate surface area is 346 Å². The summed E-state index contributed by atoms with van der Waals surface area (Å²) in [6.45, 7) is 11.4. The third-order valence-corrected chi connectivity index (χ3v) is 12.5. The second-order valence-electron chi connectivity index (χ2n) is 15.3. The van der Waals surface area contributed by atoms with Gasteiger partial charge in [-0.2, -0.15) is 5.26 Å². The molecule has 0 amide bonds. The Morgan fingerprint density at radius 2 is 1.42 bits per heavy atom. The lowest BCUT2D eigenvalue weighted by Gasteiger charge is -2.40. The average molecular weight is 831 g/mol. The molecule has 4 aromatic rings. The van der Waals surface area contributed by atoms with Crippen molar-refractivity contribution >= 4 is 14.3 Å². The van der Waals surface area contributed by atoms with Gasteiger partial charge in [-0.15, -0.1) is 0 Å². The molecule has 1 N–H and O–H groups in total. The van der Waals surface area contributed by atoms with Crippen LogP contribution in [0.25, 0.3) is 0 Å². The molecule has 5 rings (SSSR count). The number of carbonyl (C=O) groups excluding carboxylic acids is 1. The van der Waals surface area contributed by atoms with Crippen LogP contribution >= 0.6 is 8.30 Å². The van der Waals surface area contributed by atoms with Gasteiger partial charge in [-0.1, -0.05) is 54.6 Å². The van der Waals surface area contributed by atoms with Gasteiger partial charge in [0.25, 0.3) is 5.56 Å². The van der Waals surface area contributed by atoms with E-state index >= 15 is 0 Å². The van der Waals surface area contributed by atoms with Crippen LogP contribution in [0.4, 0.5) is 0 Å². The Bertz CT molecular complexity index is 2080. The first kappa shape index (κ1) is 45.2. The van der Waals surface area contributed by atoms with Gasteiger partial charge < -0.3 is 32.9 Å². The van der Waals surface area contributed by atoms with E-state index in [2.05, 4.69) is 15.7 Å². The molecule has 1 unspecified atom stereocenters. The summed E-state index contributed by atoms with van der Waals surface area (Å²) in [6, 6.07) is 28.2. The van der Waals surface area contributed by atoms with Crippen LogP contribution in [-0.2, 0) is 33.9 Å². The number of methoxy groups -OCH3 is 3. The molecule has 0 saturated carbocycles. The molecule has 1 fully saturated rings. The lowest BCUT2D eigenvalue weighted by atomic mass is 9.80. The van der Waals surface area contributed by atoms with E-state index in [1.807, 2.05) is 107 Å². The van der Waals surface area contributed by atoms with Crippen molar-refractivity contribution in [2.45, 2.75) is 95.8 Å². The van der Waals surface area contributed by atoms with Gasteiger partial charge in [-0.25, -0.2) is 4.79 Å². The maximum Gasteiger partial charge on any atom is 0.330 e. The van der Waals surface area contributed by atoms with Crippen LogP contribution in [0.15, 0.2) is 101 Å². The normalized spacial score (nSPS) is 18.8. The summed E-state index contributed by atoms with van der Waals surface area (Å²) < 4.78 is 47.5. The average Bonchev–Trinajstić information content (AvgIpc) is 3.54. The number of nitrogens with zero attached hydrogens (tertiary/aromatic N) is 3. The zero-order valence-corrected chi connectivity index (χ0v) is 36.0. The maximum atomic E-state index is 13.7. The number of aromatic nitrogens is 2. The van der Waals surface area contributed by atoms with Crippen LogP contribution in [0.2, 0.25) is 0 Å². The van der Waals surface area contributed by atoms with E-state index < -0.39 is 61.3 Å². The number of ether oxygens (including phenoxy) is 6. The molecule has 1 aliphatic heterocycles. The number of aromatic amines is 1. The monoisotopic (exact) mass is 830 g/mol. The minimum atomic E-state index is -1.77. The third kappa shape index (κ3) is 10.5. The van der Waals surface area contributed by atoms with E-state index in [4.69, 9.17) is 32.9 Å². The number of benzene rings is 3. The van der Waals surface area contributed by atoms with Crippen molar-refractivity contribution in [2.24, 2.45) is 0 Å². The Balaban J connectivity index is 1.65. The highest BCUT2D eigenvalue weighted by Gasteiger charge is 2.51. The molecule has 15 heteroatoms. The molecule has 59 heavy (non-hydrogen) atoms. The molecule has 5 atom stereocenters. The summed E-state index contributed by atoms with van der Waals surface area (Å²) in [6.07, 6.45) is -2.57. The fourth-order valence-corrected chi connectivity index (χ4v) is 9.66. The van der Waals surface area contributed by atoms with Gasteiger partial charge in [0.2, 0.25) is 0 Å². The summed E-state index contributed by atoms with van der Waals surface area (Å²) in [7, 11) is 2.93. The van der Waals surface area contributed by atoms with E-state index in [9.17, 15) is 19.6 Å². The molecule has 1 aromatic heterocycles. The fourth-order valence-electron chi connectivity index (χ4n) is 7.46. The van der Waals surface area contributed by atoms with Crippen molar-refractivity contribution in [1.29, 1.82) is 5.26 Å². The fraction of sp³-hybridized carbons (Fsp3) is 0.455. The first-order valence-electron chi connectivity index (χ1n) is 19.5. The van der Waals surface area contributed by atoms with E-state index in [1.165, 1.54) is 23.9 Å². The number of hydrogen-bond donors (Lipinski definition) is 1. The predicted molar refractivity (Wildman–Crippen MR) is 223 cm³/mol. The highest BCUT2D eigenvalue weighted by Crippen LogP contribution is 2.50. The lowest BCUT2D eigenvalue weighted by molar-refractivity contribution is -0.152. The van der Waals surface area contributed by atoms with Crippen LogP contribution in [0.5, 0.6) is 11.5 Å². The van der Waals surface area contributed by atoms with Crippen molar-refractivity contribution in [2.75, 3.05) is 34.1 Å². The number of carbonyl (C=O) groups is 1. The topological polar surface area (TPSA) is 164 Å². The zero-order chi connectivity index (χ0) is 42.9. The van der Waals surface area contributed by atoms with Gasteiger partial charge in [0.1, 0.15) is 55.5 Å². The van der Waals surface area contributed by atoms with E-state index in [0.29, 0.717) is 11.5 Å². The molecule has 1 saturated heterocycles. The molecule has 0 radical (unpaired) electrons. The van der Waals surface area contributed by atoms with Gasteiger partial charge in [0.15, 0.2) is 6.23 Å². The summed E-state index contributed by atoms with van der Waals surface area (Å²) in [5.74, 6) is 0.801. The van der Waals surface area contributed by atoms with Gasteiger partial charge >= 0.3 is 11.7 Å². The Morgan fingerprint density at radius 1 is 0.864 bits per heavy atom. The number of nitrogens with one attached hydrogen (secondary N) is 1. The number of esters is 1. The molecular formula is C44H55N4O10P. The van der Waals surface area contributed by atoms with Crippen molar-refractivity contribution in [3.63, 3.8) is 0 Å². The standard InChI is InChI=1S/C44H55N4O10P/c1-29(2)48(30(3)4)59(28-38(50)57-43(5,6)24-25-45)58-39-36(56-41(40(39)54-9)47-26-23-37(49)46-42(47)51)27-55-44(31-13-11-10-12-14-31,32-15-19-34(52-7)20-16-32)33-17-21-35(53-8)22-18-33/h10-23,26,29-30,36,39-41H,24,27-28H2,1-9H3,(H,46,49,51)/t36-,39-,40-,41-,59?/m1/s1. The first-order chi connectivity index (χ1) is 28.2. The maximum absolute atomic E-state index is 13.7. The minimum absolute atomic E-state index is 0.0123. The van der Waals surface area contributed by atoms with Crippen molar-refractivity contribution < 1.29 is 37.7 Å². The van der Waals surface area contributed by atoms with Crippen LogP contribution in [0, 0.1) is 11.3 Å². The highest BCUT2D eigenvalue weighted by atomic mass is 31.2. The van der Waals surface area contributed by atoms with Crippen LogP contribution in [0.1, 0.15) is 70.9 Å². The molecule has 1 aliphatic rings. The van der Waals surface area contributed by atoms with E-state index in [-0.39, 0.29) is 31.3 Å². The van der Waals surface area contributed by atoms with Crippen molar-refractivity contribution in [3.8, 4) is 17.6 Å². The molecule has 0 aliphatic carbocycles. The van der Waals surface area contributed by atoms with E-state index in [0.717, 1.165) is 16.7 Å². The molecule has 0 bridgehead atoms. The van der Waals surface area contributed by atoms with Crippen LogP contribution < -0.4 is 20.7 Å². The second-order valence-corrected chi connectivity index (χ2v) is 17.0. The summed E-state index contributed by atoms with van der Waals surface area (Å²) in [5, 5.41) is 9.37. The van der Waals surface area contributed by atoms with Crippen molar-refractivity contribution in [3.05, 3.63) is 129 Å². The predicted octanol–water partition coefficient (Wildman–Crippen LogP) is 6.53. The SMILES string of the molecule is COc1ccc(C(OC[C@H]2O[C@@H](n3ccc(=O)[nH]c3=O)[C@H](OC)[C@@H]2OP(CC(=O)OC(C)(C)CC#N)N(C(C)C)C(C)C)(c2ccccc2)c2ccc(OC)cc2)cc1. The van der Waals surface area contributed by atoms with E-state index in [1.54, 1.807) is 28.1 Å². The molecule has 316 valence electrons. The molecular weight excluding hydrogens is 775 g/mol. The van der Waals surface area contributed by atoms with Crippen LogP contribution in [-0.4, -0.2) is 90.3 Å². The molecule has 3 aromatic carbocycles. The first-order valence-corrected chi connectivity index (χ1v) is 20.9. The third-order valence-electron chi connectivity index (χ3n) is 10.0. The summed E-state index contributed by atoms with van der Waals surface area (Å²) in [4.78, 5) is 41.5. The van der Waals surface area contributed by atoms with Crippen molar-refractivity contribution in [1.82, 2.24) is 14.2 Å². The summed E-state index contributed by atoms with van der Waals surface area (Å²) >= 11 is 0. The Morgan fingerprint density at radius 3 is 1.92 bits per heavy atom. The lowest BCUT2D eigenvalue weighted by Crippen LogP contribution is -2.44. The second kappa shape index (κ2) is 19.9. The van der Waals surface area contributed by atoms with Gasteiger partial charge in [-0.05, 0) is 82.5 Å². The van der Waals surface area contributed by atoms with Gasteiger partial charge in [-0.3, -0.25) is 23.8 Å². The number of nitriles is 1. The minimum Gasteiger partial charge on any atom is -0.497 e. The highest BCUT2D eigenvalue weighted by molar-refractivity contribution is 7.51. The molecule has 2 heterocycles. The Kier molecular flexibility index (Phi) is 15.3. The quantitative estimate of drug-likeness (QED) is 0.0619. The largest absolute Gasteiger partial charge is 0.497 e. The van der Waals surface area contributed by atoms with Crippen LogP contribution in [0.3, 0.4) is 0 Å². The van der Waals surface area contributed by atoms with Gasteiger partial charge in [0.05, 0.1) is 33.3 Å². The van der Waals surface area contributed by atoms with Gasteiger partial charge in [0, 0.05) is 31.5 Å². The number of hydrogen-bond acceptors (Lipinski definition) is 12. The number of rotatable bonds is 19. The smallest absolute Gasteiger partial charge is 0.330 e. The molecule has 0 spiro atoms. The molecule has 14 nitrogen and oxygen atoms in total. The summed E-state index contributed by atoms with van der Waals surface area (Å²) in [5.41, 5.74) is -1.12.